The van der Waals surface area contributed by atoms with Gasteiger partial charge < -0.3 is 15.0 Å². The number of aromatic amines is 1. The average molecular weight is 344 g/mol. The molecule has 2 aromatic heterocycles. The van der Waals surface area contributed by atoms with Gasteiger partial charge in [-0.1, -0.05) is 6.07 Å². The summed E-state index contributed by atoms with van der Waals surface area (Å²) < 4.78 is 1.15. The van der Waals surface area contributed by atoms with E-state index in [0.717, 1.165) is 10.3 Å². The molecule has 1 aliphatic rings. The number of aliphatic hydroxyl groups is 1. The first kappa shape index (κ1) is 17.1. The lowest BCUT2D eigenvalue weighted by Gasteiger charge is -2.38. The number of rotatable bonds is 5. The van der Waals surface area contributed by atoms with E-state index in [-0.39, 0.29) is 23.6 Å². The molecule has 1 fully saturated rings. The highest BCUT2D eigenvalue weighted by atomic mass is 16.3. The van der Waals surface area contributed by atoms with Gasteiger partial charge in [-0.25, -0.2) is 4.79 Å². The Kier molecular flexibility index (Phi) is 4.80. The second-order valence-electron chi connectivity index (χ2n) is 6.40. The van der Waals surface area contributed by atoms with E-state index in [9.17, 15) is 19.5 Å². The van der Waals surface area contributed by atoms with Crippen LogP contribution in [0.15, 0.2) is 40.2 Å². The Bertz CT molecular complexity index is 868. The maximum absolute atomic E-state index is 12.5. The number of H-pyrrole nitrogens is 1. The van der Waals surface area contributed by atoms with Crippen LogP contribution in [0.3, 0.4) is 0 Å². The van der Waals surface area contributed by atoms with Crippen LogP contribution in [0.25, 0.3) is 0 Å². The molecule has 1 amide bonds. The quantitative estimate of drug-likeness (QED) is 0.681. The van der Waals surface area contributed by atoms with E-state index >= 15 is 0 Å². The summed E-state index contributed by atoms with van der Waals surface area (Å²) in [4.78, 5) is 42.2. The summed E-state index contributed by atoms with van der Waals surface area (Å²) in [6, 6.07) is 5.30. The third kappa shape index (κ3) is 3.85. The first-order valence-corrected chi connectivity index (χ1v) is 8.13. The van der Waals surface area contributed by atoms with Crippen LogP contribution in [-0.2, 0) is 13.5 Å². The van der Waals surface area contributed by atoms with Crippen molar-refractivity contribution >= 4 is 5.91 Å². The van der Waals surface area contributed by atoms with Gasteiger partial charge in [0.05, 0.1) is 6.10 Å². The Balaban J connectivity index is 1.80. The van der Waals surface area contributed by atoms with E-state index in [0.29, 0.717) is 19.3 Å². The van der Waals surface area contributed by atoms with Gasteiger partial charge in [0, 0.05) is 37.6 Å². The molecular formula is C17H20N4O4. The number of carbonyl (C=O) groups excluding carboxylic acids is 1. The normalized spacial score (nSPS) is 20.6. The van der Waals surface area contributed by atoms with Gasteiger partial charge in [-0.05, 0) is 30.9 Å². The molecule has 8 heteroatoms. The Morgan fingerprint density at radius 1 is 1.44 bits per heavy atom. The topological polar surface area (TPSA) is 117 Å². The minimum absolute atomic E-state index is 0.118. The van der Waals surface area contributed by atoms with Gasteiger partial charge in [0.1, 0.15) is 5.56 Å². The number of amides is 1. The van der Waals surface area contributed by atoms with Crippen molar-refractivity contribution in [3.05, 3.63) is 62.7 Å². The van der Waals surface area contributed by atoms with Crippen molar-refractivity contribution in [1.82, 2.24) is 19.9 Å². The van der Waals surface area contributed by atoms with E-state index in [1.807, 2.05) is 18.2 Å². The summed E-state index contributed by atoms with van der Waals surface area (Å²) >= 11 is 0. The van der Waals surface area contributed by atoms with Gasteiger partial charge in [-0.2, -0.15) is 0 Å². The van der Waals surface area contributed by atoms with Crippen molar-refractivity contribution in [3.63, 3.8) is 0 Å². The fourth-order valence-corrected chi connectivity index (χ4v) is 3.01. The minimum atomic E-state index is -0.717. The van der Waals surface area contributed by atoms with Crippen LogP contribution < -0.4 is 16.6 Å². The van der Waals surface area contributed by atoms with E-state index in [4.69, 9.17) is 0 Å². The van der Waals surface area contributed by atoms with Crippen LogP contribution in [0.4, 0.5) is 0 Å². The molecule has 0 spiro atoms. The van der Waals surface area contributed by atoms with Crippen molar-refractivity contribution in [2.24, 2.45) is 13.0 Å². The van der Waals surface area contributed by atoms with Crippen LogP contribution >= 0.6 is 0 Å². The molecule has 0 radical (unpaired) electrons. The van der Waals surface area contributed by atoms with Crippen LogP contribution in [0.2, 0.25) is 0 Å². The van der Waals surface area contributed by atoms with Gasteiger partial charge in [0.15, 0.2) is 0 Å². The molecule has 3 N–H and O–H groups in total. The summed E-state index contributed by atoms with van der Waals surface area (Å²) in [7, 11) is 1.46. The zero-order chi connectivity index (χ0) is 18.0. The van der Waals surface area contributed by atoms with E-state index in [1.165, 1.54) is 13.2 Å². The van der Waals surface area contributed by atoms with Crippen LogP contribution in [0.1, 0.15) is 28.9 Å². The highest BCUT2D eigenvalue weighted by Gasteiger charge is 2.35. The fourth-order valence-electron chi connectivity index (χ4n) is 3.01. The van der Waals surface area contributed by atoms with Crippen molar-refractivity contribution in [3.8, 4) is 0 Å². The Labute approximate surface area is 143 Å². The van der Waals surface area contributed by atoms with Gasteiger partial charge in [-0.3, -0.25) is 19.6 Å². The first-order valence-electron chi connectivity index (χ1n) is 8.13. The first-order chi connectivity index (χ1) is 11.9. The number of hydrogen-bond acceptors (Lipinski definition) is 5. The molecule has 0 bridgehead atoms. The third-order valence-corrected chi connectivity index (χ3v) is 4.54. The summed E-state index contributed by atoms with van der Waals surface area (Å²) in [5.74, 6) is -0.424. The van der Waals surface area contributed by atoms with Gasteiger partial charge in [0.25, 0.3) is 11.5 Å². The Morgan fingerprint density at radius 2 is 2.20 bits per heavy atom. The Hall–Kier alpha value is -2.74. The molecule has 2 heterocycles. The molecule has 1 saturated carbocycles. The maximum atomic E-state index is 12.5. The molecule has 1 atom stereocenters. The number of aromatic nitrogens is 3. The fraction of sp³-hybridized carbons (Fsp3) is 0.412. The molecule has 25 heavy (non-hydrogen) atoms. The van der Waals surface area contributed by atoms with Crippen molar-refractivity contribution < 1.29 is 9.90 Å². The number of hydrogen-bond donors (Lipinski definition) is 3. The van der Waals surface area contributed by atoms with Gasteiger partial charge in [0.2, 0.25) is 0 Å². The molecule has 0 aliphatic heterocycles. The standard InChI is InChI=1S/C17H20N4O4/c1-21-9-13(16(24)20-17(21)25)15(23)19-14(10-6-12(22)7-10)8-11-4-2-3-5-18-11/h2-5,9-10,12,14,22H,6-8H2,1H3,(H,19,23)(H,20,24,25). The molecule has 0 aromatic carbocycles. The van der Waals surface area contributed by atoms with Gasteiger partial charge in [-0.15, -0.1) is 0 Å². The van der Waals surface area contributed by atoms with Crippen molar-refractivity contribution in [2.45, 2.75) is 31.4 Å². The summed E-state index contributed by atoms with van der Waals surface area (Å²) in [5.41, 5.74) is -0.587. The number of nitrogens with zero attached hydrogens (tertiary/aromatic N) is 2. The van der Waals surface area contributed by atoms with Crippen molar-refractivity contribution in [1.29, 1.82) is 0 Å². The molecule has 8 nitrogen and oxygen atoms in total. The summed E-state index contributed by atoms with van der Waals surface area (Å²) in [6.45, 7) is 0. The molecular weight excluding hydrogens is 324 g/mol. The van der Waals surface area contributed by atoms with Crippen LogP contribution in [0, 0.1) is 5.92 Å². The smallest absolute Gasteiger partial charge is 0.328 e. The summed E-state index contributed by atoms with van der Waals surface area (Å²) in [6.07, 6.45) is 4.26. The second kappa shape index (κ2) is 7.02. The number of aliphatic hydroxyl groups excluding tert-OH is 1. The number of carbonyl (C=O) groups is 1. The molecule has 3 rings (SSSR count). The second-order valence-corrected chi connectivity index (χ2v) is 6.40. The highest BCUT2D eigenvalue weighted by molar-refractivity contribution is 5.93. The predicted molar refractivity (Wildman–Crippen MR) is 90.2 cm³/mol. The number of pyridine rings is 1. The summed E-state index contributed by atoms with van der Waals surface area (Å²) in [5, 5.41) is 12.4. The zero-order valence-corrected chi connectivity index (χ0v) is 13.8. The predicted octanol–water partition coefficient (Wildman–Crippen LogP) is -0.419. The van der Waals surface area contributed by atoms with Crippen molar-refractivity contribution in [2.75, 3.05) is 0 Å². The number of aryl methyl sites for hydroxylation is 1. The van der Waals surface area contributed by atoms with Crippen LogP contribution in [-0.4, -0.2) is 37.7 Å². The zero-order valence-electron chi connectivity index (χ0n) is 13.8. The lowest BCUT2D eigenvalue weighted by molar-refractivity contribution is 0.0237. The third-order valence-electron chi connectivity index (χ3n) is 4.54. The van der Waals surface area contributed by atoms with E-state index in [1.54, 1.807) is 6.20 Å². The van der Waals surface area contributed by atoms with E-state index < -0.39 is 17.2 Å². The lowest BCUT2D eigenvalue weighted by atomic mass is 9.76. The largest absolute Gasteiger partial charge is 0.393 e. The lowest BCUT2D eigenvalue weighted by Crippen LogP contribution is -2.49. The molecule has 2 aromatic rings. The molecule has 1 aliphatic carbocycles. The monoisotopic (exact) mass is 344 g/mol. The Morgan fingerprint density at radius 3 is 2.84 bits per heavy atom. The molecule has 1 unspecified atom stereocenters. The molecule has 132 valence electrons. The molecule has 0 saturated heterocycles. The highest BCUT2D eigenvalue weighted by Crippen LogP contribution is 2.31. The van der Waals surface area contributed by atoms with Crippen LogP contribution in [0.5, 0.6) is 0 Å². The average Bonchev–Trinajstić information content (AvgIpc) is 2.55. The van der Waals surface area contributed by atoms with Gasteiger partial charge >= 0.3 is 5.69 Å². The number of nitrogens with one attached hydrogen (secondary N) is 2. The maximum Gasteiger partial charge on any atom is 0.328 e. The van der Waals surface area contributed by atoms with E-state index in [2.05, 4.69) is 15.3 Å². The SMILES string of the molecule is Cn1cc(C(=O)NC(Cc2ccccn2)C2CC(O)C2)c(=O)[nH]c1=O. The minimum Gasteiger partial charge on any atom is -0.393 e.